The first-order valence-electron chi connectivity index (χ1n) is 9.46. The Bertz CT molecular complexity index is 1160. The third-order valence-electron chi connectivity index (χ3n) is 4.35. The van der Waals surface area contributed by atoms with Gasteiger partial charge in [-0.1, -0.05) is 18.9 Å². The third kappa shape index (κ3) is 5.37. The summed E-state index contributed by atoms with van der Waals surface area (Å²) in [5.41, 5.74) is 0.259. The lowest BCUT2D eigenvalue weighted by Gasteiger charge is -2.06. The lowest BCUT2D eigenvalue weighted by molar-refractivity contribution is 0.0917. The van der Waals surface area contributed by atoms with Crippen LogP contribution in [0.15, 0.2) is 48.8 Å². The molecule has 10 heteroatoms. The van der Waals surface area contributed by atoms with Gasteiger partial charge in [-0.3, -0.25) is 14.6 Å². The molecule has 0 aliphatic carbocycles. The van der Waals surface area contributed by atoms with E-state index < -0.39 is 17.3 Å². The fraction of sp³-hybridized carbons (Fsp3) is 0.300. The molecule has 3 aromatic rings. The van der Waals surface area contributed by atoms with Crippen molar-refractivity contribution >= 4 is 22.9 Å². The normalized spacial score (nSPS) is 10.8. The number of para-hydroxylation sites is 1. The van der Waals surface area contributed by atoms with Gasteiger partial charge in [-0.25, -0.2) is 9.59 Å². The van der Waals surface area contributed by atoms with E-state index in [-0.39, 0.29) is 17.4 Å². The SMILES string of the molecule is O=C(NCCCCCCNC(=O)c1cccc2oc(=O)[nH]c12)c1cc(O)cc(=O)o1. The van der Waals surface area contributed by atoms with Crippen molar-refractivity contribution in [2.24, 2.45) is 0 Å². The highest BCUT2D eigenvalue weighted by atomic mass is 16.4. The quantitative estimate of drug-likeness (QED) is 0.386. The summed E-state index contributed by atoms with van der Waals surface area (Å²) in [6, 6.07) is 6.82. The van der Waals surface area contributed by atoms with Crippen LogP contribution in [-0.4, -0.2) is 35.0 Å². The first kappa shape index (κ1) is 20.9. The van der Waals surface area contributed by atoms with Crippen LogP contribution in [0.5, 0.6) is 5.75 Å². The van der Waals surface area contributed by atoms with E-state index >= 15 is 0 Å². The maximum absolute atomic E-state index is 12.3. The molecule has 0 spiro atoms. The molecule has 2 aromatic heterocycles. The van der Waals surface area contributed by atoms with Gasteiger partial charge in [0.15, 0.2) is 11.3 Å². The minimum absolute atomic E-state index is 0.239. The number of amides is 2. The Hall–Kier alpha value is -3.82. The number of hydrogen-bond acceptors (Lipinski definition) is 7. The number of aromatic hydroxyl groups is 1. The summed E-state index contributed by atoms with van der Waals surface area (Å²) in [6.45, 7) is 0.860. The van der Waals surface area contributed by atoms with E-state index in [1.807, 2.05) is 0 Å². The standard InChI is InChI=1S/C20H21N3O7/c24-12-10-15(29-16(25)11-12)19(27)22-9-4-2-1-3-8-21-18(26)13-6-5-7-14-17(13)23-20(28)30-14/h5-7,10-11,24H,1-4,8-9H2,(H,21,26)(H,22,27)(H,23,28). The van der Waals surface area contributed by atoms with Gasteiger partial charge in [0.05, 0.1) is 17.1 Å². The number of carbonyl (C=O) groups excluding carboxylic acids is 2. The number of aromatic nitrogens is 1. The van der Waals surface area contributed by atoms with Crippen molar-refractivity contribution in [3.05, 3.63) is 62.6 Å². The van der Waals surface area contributed by atoms with Gasteiger partial charge in [-0.2, -0.15) is 0 Å². The minimum atomic E-state index is -0.794. The van der Waals surface area contributed by atoms with E-state index in [4.69, 9.17) is 8.83 Å². The summed E-state index contributed by atoms with van der Waals surface area (Å²) in [5, 5.41) is 14.7. The van der Waals surface area contributed by atoms with E-state index in [9.17, 15) is 24.3 Å². The molecular formula is C20H21N3O7. The van der Waals surface area contributed by atoms with Gasteiger partial charge in [0.2, 0.25) is 0 Å². The molecule has 0 unspecified atom stereocenters. The molecule has 30 heavy (non-hydrogen) atoms. The molecule has 4 N–H and O–H groups in total. The summed E-state index contributed by atoms with van der Waals surface area (Å²) in [6.07, 6.45) is 3.12. The van der Waals surface area contributed by atoms with Gasteiger partial charge in [-0.05, 0) is 25.0 Å². The van der Waals surface area contributed by atoms with Crippen molar-refractivity contribution in [2.75, 3.05) is 13.1 Å². The Kier molecular flexibility index (Phi) is 6.68. The van der Waals surface area contributed by atoms with E-state index in [0.29, 0.717) is 36.2 Å². The van der Waals surface area contributed by atoms with Gasteiger partial charge in [-0.15, -0.1) is 0 Å². The summed E-state index contributed by atoms with van der Waals surface area (Å²) in [5.74, 6) is -2.03. The largest absolute Gasteiger partial charge is 0.508 e. The fourth-order valence-electron chi connectivity index (χ4n) is 2.93. The lowest BCUT2D eigenvalue weighted by atomic mass is 10.1. The van der Waals surface area contributed by atoms with Crippen molar-refractivity contribution in [2.45, 2.75) is 25.7 Å². The third-order valence-corrected chi connectivity index (χ3v) is 4.35. The summed E-state index contributed by atoms with van der Waals surface area (Å²) in [7, 11) is 0. The smallest absolute Gasteiger partial charge is 0.417 e. The number of nitrogens with one attached hydrogen (secondary N) is 3. The predicted octanol–water partition coefficient (Wildman–Crippen LogP) is 1.50. The van der Waals surface area contributed by atoms with Crippen LogP contribution in [0.1, 0.15) is 46.6 Å². The molecule has 0 saturated heterocycles. The molecule has 0 bridgehead atoms. The Balaban J connectivity index is 1.33. The van der Waals surface area contributed by atoms with E-state index in [1.54, 1.807) is 18.2 Å². The molecule has 0 aliphatic heterocycles. The van der Waals surface area contributed by atoms with Crippen molar-refractivity contribution in [1.82, 2.24) is 15.6 Å². The van der Waals surface area contributed by atoms with E-state index in [1.165, 1.54) is 0 Å². The second kappa shape index (κ2) is 9.59. The van der Waals surface area contributed by atoms with Crippen molar-refractivity contribution in [1.29, 1.82) is 0 Å². The summed E-state index contributed by atoms with van der Waals surface area (Å²) < 4.78 is 9.66. The molecule has 0 atom stereocenters. The number of fused-ring (bicyclic) bond motifs is 1. The number of aromatic amines is 1. The number of oxazole rings is 1. The predicted molar refractivity (Wildman–Crippen MR) is 107 cm³/mol. The molecule has 0 radical (unpaired) electrons. The second-order valence-electron chi connectivity index (χ2n) is 6.62. The van der Waals surface area contributed by atoms with Crippen LogP contribution < -0.4 is 22.0 Å². The number of carbonyl (C=O) groups is 2. The number of hydrogen-bond donors (Lipinski definition) is 4. The average molecular weight is 415 g/mol. The topological polar surface area (TPSA) is 155 Å². The molecule has 2 heterocycles. The van der Waals surface area contributed by atoms with Crippen LogP contribution in [0, 0.1) is 0 Å². The molecule has 0 aliphatic rings. The van der Waals surface area contributed by atoms with Crippen LogP contribution in [0.4, 0.5) is 0 Å². The zero-order valence-electron chi connectivity index (χ0n) is 16.0. The molecule has 158 valence electrons. The molecule has 2 amide bonds. The Morgan fingerprint density at radius 1 is 0.933 bits per heavy atom. The number of H-pyrrole nitrogens is 1. The van der Waals surface area contributed by atoms with Crippen molar-refractivity contribution in [3.63, 3.8) is 0 Å². The van der Waals surface area contributed by atoms with Crippen LogP contribution in [0.25, 0.3) is 11.1 Å². The van der Waals surface area contributed by atoms with Crippen molar-refractivity contribution < 1.29 is 23.5 Å². The molecule has 1 aromatic carbocycles. The zero-order valence-corrected chi connectivity index (χ0v) is 16.0. The first-order chi connectivity index (χ1) is 14.4. The van der Waals surface area contributed by atoms with Gasteiger partial charge in [0.25, 0.3) is 11.8 Å². The van der Waals surface area contributed by atoms with Gasteiger partial charge >= 0.3 is 11.4 Å². The van der Waals surface area contributed by atoms with Gasteiger partial charge in [0, 0.05) is 19.2 Å². The Morgan fingerprint density at radius 2 is 1.63 bits per heavy atom. The van der Waals surface area contributed by atoms with E-state index in [0.717, 1.165) is 31.4 Å². The van der Waals surface area contributed by atoms with Crippen LogP contribution in [0.2, 0.25) is 0 Å². The monoisotopic (exact) mass is 415 g/mol. The highest BCUT2D eigenvalue weighted by molar-refractivity contribution is 6.04. The number of unbranched alkanes of at least 4 members (excludes halogenated alkanes) is 3. The Morgan fingerprint density at radius 3 is 2.33 bits per heavy atom. The molecule has 10 nitrogen and oxygen atoms in total. The average Bonchev–Trinajstić information content (AvgIpc) is 3.09. The fourth-order valence-corrected chi connectivity index (χ4v) is 2.93. The van der Waals surface area contributed by atoms with E-state index in [2.05, 4.69) is 15.6 Å². The Labute approximate surface area is 169 Å². The molecular weight excluding hydrogens is 394 g/mol. The maximum Gasteiger partial charge on any atom is 0.417 e. The van der Waals surface area contributed by atoms with Crippen LogP contribution in [0.3, 0.4) is 0 Å². The minimum Gasteiger partial charge on any atom is -0.508 e. The number of benzene rings is 1. The molecule has 0 fully saturated rings. The second-order valence-corrected chi connectivity index (χ2v) is 6.62. The molecule has 0 saturated carbocycles. The number of rotatable bonds is 9. The lowest BCUT2D eigenvalue weighted by Crippen LogP contribution is -2.25. The highest BCUT2D eigenvalue weighted by Crippen LogP contribution is 2.15. The van der Waals surface area contributed by atoms with Gasteiger partial charge in [0.1, 0.15) is 5.75 Å². The summed E-state index contributed by atoms with van der Waals surface area (Å²) in [4.78, 5) is 49.1. The highest BCUT2D eigenvalue weighted by Gasteiger charge is 2.13. The maximum atomic E-state index is 12.3. The first-order valence-corrected chi connectivity index (χ1v) is 9.46. The molecule has 3 rings (SSSR count). The van der Waals surface area contributed by atoms with Gasteiger partial charge < -0.3 is 24.6 Å². The van der Waals surface area contributed by atoms with Crippen LogP contribution in [-0.2, 0) is 0 Å². The summed E-state index contributed by atoms with van der Waals surface area (Å²) >= 11 is 0. The zero-order chi connectivity index (χ0) is 21.5. The van der Waals surface area contributed by atoms with Crippen molar-refractivity contribution in [3.8, 4) is 5.75 Å². The van der Waals surface area contributed by atoms with Crippen LogP contribution >= 0.6 is 0 Å².